The molecule has 4 nitrogen and oxygen atoms in total. The Kier molecular flexibility index (Phi) is 6.12. The molecule has 3 aromatic rings. The Morgan fingerprint density at radius 1 is 1.15 bits per heavy atom. The predicted octanol–water partition coefficient (Wildman–Crippen LogP) is 4.31. The van der Waals surface area contributed by atoms with Gasteiger partial charge in [-0.1, -0.05) is 12.1 Å². The van der Waals surface area contributed by atoms with Crippen molar-refractivity contribution in [3.8, 4) is 11.5 Å². The quantitative estimate of drug-likeness (QED) is 0.562. The van der Waals surface area contributed by atoms with Gasteiger partial charge in [0.15, 0.2) is 11.5 Å². The minimum absolute atomic E-state index is 0.0356. The van der Waals surface area contributed by atoms with Gasteiger partial charge in [-0.15, -0.1) is 0 Å². The minimum Gasteiger partial charge on any atom is -0.493 e. The summed E-state index contributed by atoms with van der Waals surface area (Å²) in [5.74, 6) is 1.30. The summed E-state index contributed by atoms with van der Waals surface area (Å²) < 4.78 is 24.6. The van der Waals surface area contributed by atoms with Crippen LogP contribution < -0.4 is 14.8 Å². The van der Waals surface area contributed by atoms with Gasteiger partial charge in [-0.3, -0.25) is 0 Å². The van der Waals surface area contributed by atoms with Crippen LogP contribution in [0.25, 0.3) is 10.9 Å². The molecule has 1 unspecified atom stereocenters. The molecular formula is C21H25FN2O2. The van der Waals surface area contributed by atoms with E-state index >= 15 is 0 Å². The lowest BCUT2D eigenvalue weighted by atomic mass is 10.1. The van der Waals surface area contributed by atoms with E-state index in [4.69, 9.17) is 9.47 Å². The van der Waals surface area contributed by atoms with Gasteiger partial charge in [0.05, 0.1) is 7.11 Å². The van der Waals surface area contributed by atoms with Gasteiger partial charge in [0.25, 0.3) is 0 Å². The zero-order valence-electron chi connectivity index (χ0n) is 15.2. The van der Waals surface area contributed by atoms with Crippen LogP contribution >= 0.6 is 0 Å². The number of fused-ring (bicyclic) bond motifs is 1. The molecule has 26 heavy (non-hydrogen) atoms. The van der Waals surface area contributed by atoms with Gasteiger partial charge >= 0.3 is 0 Å². The van der Waals surface area contributed by atoms with Gasteiger partial charge in [0, 0.05) is 23.6 Å². The molecule has 0 bridgehead atoms. The Morgan fingerprint density at radius 3 is 2.77 bits per heavy atom. The van der Waals surface area contributed by atoms with Crippen LogP contribution in [0.1, 0.15) is 18.9 Å². The maximum absolute atomic E-state index is 13.4. The second-order valence-electron chi connectivity index (χ2n) is 6.39. The summed E-state index contributed by atoms with van der Waals surface area (Å²) >= 11 is 0. The summed E-state index contributed by atoms with van der Waals surface area (Å²) in [4.78, 5) is 3.19. The Labute approximate surface area is 153 Å². The second kappa shape index (κ2) is 8.72. The van der Waals surface area contributed by atoms with Crippen LogP contribution in [-0.2, 0) is 6.42 Å². The molecule has 5 heteroatoms. The summed E-state index contributed by atoms with van der Waals surface area (Å²) in [5.41, 5.74) is 2.13. The smallest absolute Gasteiger partial charge is 0.161 e. The summed E-state index contributed by atoms with van der Waals surface area (Å²) in [5, 5.41) is 4.38. The molecular weight excluding hydrogens is 331 g/mol. The first-order valence-corrected chi connectivity index (χ1v) is 8.93. The van der Waals surface area contributed by atoms with E-state index in [1.165, 1.54) is 6.07 Å². The van der Waals surface area contributed by atoms with E-state index < -0.39 is 0 Å². The van der Waals surface area contributed by atoms with Crippen LogP contribution in [0.3, 0.4) is 0 Å². The van der Waals surface area contributed by atoms with Crippen LogP contribution in [-0.4, -0.2) is 31.3 Å². The first kappa shape index (κ1) is 18.3. The first-order valence-electron chi connectivity index (χ1n) is 8.93. The molecule has 0 fully saturated rings. The van der Waals surface area contributed by atoms with E-state index in [1.54, 1.807) is 19.2 Å². The predicted molar refractivity (Wildman–Crippen MR) is 103 cm³/mol. The number of halogens is 1. The number of aromatic amines is 1. The molecule has 0 aliphatic rings. The first-order chi connectivity index (χ1) is 12.7. The Morgan fingerprint density at radius 2 is 1.96 bits per heavy atom. The lowest BCUT2D eigenvalue weighted by Gasteiger charge is -2.17. The van der Waals surface area contributed by atoms with Crippen molar-refractivity contribution in [2.75, 3.05) is 20.2 Å². The number of hydrogen-bond donors (Lipinski definition) is 2. The number of ether oxygens (including phenoxy) is 2. The van der Waals surface area contributed by atoms with E-state index in [0.29, 0.717) is 0 Å². The summed E-state index contributed by atoms with van der Waals surface area (Å²) in [7, 11) is 1.64. The van der Waals surface area contributed by atoms with Crippen LogP contribution in [0.5, 0.6) is 11.5 Å². The zero-order chi connectivity index (χ0) is 18.4. The standard InChI is InChI=1S/C21H25FN2O2/c1-15(26-21-8-4-3-7-20(21)25-2)13-23-11-5-6-16-14-24-19-10-9-17(22)12-18(16)19/h3-4,7-10,12,14-15,23-24H,5-6,11,13H2,1-2H3. The highest BCUT2D eigenvalue weighted by Gasteiger charge is 2.08. The number of hydrogen-bond acceptors (Lipinski definition) is 3. The fraction of sp³-hybridized carbons (Fsp3) is 0.333. The molecule has 138 valence electrons. The number of para-hydroxylation sites is 2. The molecule has 0 radical (unpaired) electrons. The average Bonchev–Trinajstić information content (AvgIpc) is 3.04. The fourth-order valence-corrected chi connectivity index (χ4v) is 3.04. The summed E-state index contributed by atoms with van der Waals surface area (Å²) in [6, 6.07) is 12.5. The average molecular weight is 356 g/mol. The highest BCUT2D eigenvalue weighted by Crippen LogP contribution is 2.26. The van der Waals surface area contributed by atoms with Gasteiger partial charge in [-0.2, -0.15) is 0 Å². The molecule has 0 amide bonds. The Balaban J connectivity index is 1.41. The molecule has 1 heterocycles. The van der Waals surface area contributed by atoms with Crippen molar-refractivity contribution in [1.29, 1.82) is 0 Å². The van der Waals surface area contributed by atoms with E-state index in [-0.39, 0.29) is 11.9 Å². The Hall–Kier alpha value is -2.53. The fourth-order valence-electron chi connectivity index (χ4n) is 3.04. The lowest BCUT2D eigenvalue weighted by molar-refractivity contribution is 0.208. The zero-order valence-corrected chi connectivity index (χ0v) is 15.2. The second-order valence-corrected chi connectivity index (χ2v) is 6.39. The van der Waals surface area contributed by atoms with E-state index in [1.807, 2.05) is 37.4 Å². The van der Waals surface area contributed by atoms with Crippen molar-refractivity contribution in [3.05, 3.63) is 60.0 Å². The molecule has 1 aromatic heterocycles. The number of H-pyrrole nitrogens is 1. The van der Waals surface area contributed by atoms with Crippen molar-refractivity contribution in [3.63, 3.8) is 0 Å². The van der Waals surface area contributed by atoms with Crippen LogP contribution in [0.2, 0.25) is 0 Å². The molecule has 2 aromatic carbocycles. The monoisotopic (exact) mass is 356 g/mol. The number of nitrogens with one attached hydrogen (secondary N) is 2. The molecule has 0 saturated heterocycles. The largest absolute Gasteiger partial charge is 0.493 e. The number of benzene rings is 2. The summed E-state index contributed by atoms with van der Waals surface area (Å²) in [6.45, 7) is 3.66. The van der Waals surface area contributed by atoms with Gasteiger partial charge in [0.2, 0.25) is 0 Å². The van der Waals surface area contributed by atoms with Crippen molar-refractivity contribution < 1.29 is 13.9 Å². The molecule has 3 rings (SSSR count). The topological polar surface area (TPSA) is 46.3 Å². The SMILES string of the molecule is COc1ccccc1OC(C)CNCCCc1c[nH]c2ccc(F)cc12. The molecule has 2 N–H and O–H groups in total. The number of aromatic nitrogens is 1. The van der Waals surface area contributed by atoms with Gasteiger partial charge in [-0.05, 0) is 62.2 Å². The van der Waals surface area contributed by atoms with Gasteiger partial charge < -0.3 is 19.8 Å². The molecule has 0 aliphatic heterocycles. The molecule has 1 atom stereocenters. The summed E-state index contributed by atoms with van der Waals surface area (Å²) in [6.07, 6.45) is 3.88. The van der Waals surface area contributed by atoms with Crippen molar-refractivity contribution in [1.82, 2.24) is 10.3 Å². The van der Waals surface area contributed by atoms with Crippen molar-refractivity contribution in [2.24, 2.45) is 0 Å². The maximum Gasteiger partial charge on any atom is 0.161 e. The third-order valence-electron chi connectivity index (χ3n) is 4.36. The molecule has 0 spiro atoms. The van der Waals surface area contributed by atoms with Gasteiger partial charge in [0.1, 0.15) is 11.9 Å². The van der Waals surface area contributed by atoms with E-state index in [9.17, 15) is 4.39 Å². The van der Waals surface area contributed by atoms with Crippen molar-refractivity contribution >= 4 is 10.9 Å². The van der Waals surface area contributed by atoms with Crippen LogP contribution in [0.15, 0.2) is 48.7 Å². The number of aryl methyl sites for hydroxylation is 1. The minimum atomic E-state index is -0.196. The van der Waals surface area contributed by atoms with E-state index in [0.717, 1.165) is 53.9 Å². The van der Waals surface area contributed by atoms with Gasteiger partial charge in [-0.25, -0.2) is 4.39 Å². The van der Waals surface area contributed by atoms with Crippen LogP contribution in [0, 0.1) is 5.82 Å². The number of methoxy groups -OCH3 is 1. The molecule has 0 aliphatic carbocycles. The van der Waals surface area contributed by atoms with Crippen molar-refractivity contribution in [2.45, 2.75) is 25.9 Å². The Bertz CT molecular complexity index is 847. The third-order valence-corrected chi connectivity index (χ3v) is 4.36. The highest BCUT2D eigenvalue weighted by molar-refractivity contribution is 5.83. The molecule has 0 saturated carbocycles. The normalized spacial score (nSPS) is 12.3. The highest BCUT2D eigenvalue weighted by atomic mass is 19.1. The lowest BCUT2D eigenvalue weighted by Crippen LogP contribution is -2.29. The number of rotatable bonds is 9. The maximum atomic E-state index is 13.4. The van der Waals surface area contributed by atoms with Crippen LogP contribution in [0.4, 0.5) is 4.39 Å². The van der Waals surface area contributed by atoms with E-state index in [2.05, 4.69) is 10.3 Å². The third kappa shape index (κ3) is 4.55.